The number of carbonyl (C=O) groups is 3. The van der Waals surface area contributed by atoms with Crippen molar-refractivity contribution >= 4 is 57.2 Å². The molecular formula is C39H45N11O4. The van der Waals surface area contributed by atoms with Crippen LogP contribution in [0.3, 0.4) is 0 Å². The molecule has 9 rings (SSSR count). The van der Waals surface area contributed by atoms with E-state index in [1.54, 1.807) is 41.4 Å². The Balaban J connectivity index is 0.810. The van der Waals surface area contributed by atoms with Crippen molar-refractivity contribution in [1.29, 1.82) is 0 Å². The minimum absolute atomic E-state index is 0.0284. The van der Waals surface area contributed by atoms with E-state index >= 15 is 0 Å². The molecule has 280 valence electrons. The molecule has 15 heteroatoms. The fraction of sp³-hybridized carbons (Fsp3) is 0.462. The Hall–Kier alpha value is -5.57. The second-order valence-corrected chi connectivity index (χ2v) is 15.6. The Morgan fingerprint density at radius 3 is 2.48 bits per heavy atom. The zero-order chi connectivity index (χ0) is 37.2. The maximum Gasteiger partial charge on any atom is 0.329 e. The summed E-state index contributed by atoms with van der Waals surface area (Å²) in [5.74, 6) is 1.33. The SMILES string of the molecule is CN(C)C(=O)c1cc2cnc(Nc3ccc(C4CN(CC5CN(c6cccc7c6n(C)c(=O)n7[C@@H]6CCC(=O)NC6=O)C5)C4)cn3)nc2n1C1CCCC1. The minimum atomic E-state index is -0.695. The number of fused-ring (bicyclic) bond motifs is 2. The number of likely N-dealkylation sites (tertiary alicyclic amines) is 1. The van der Waals surface area contributed by atoms with Gasteiger partial charge in [-0.05, 0) is 49.1 Å². The predicted octanol–water partition coefficient (Wildman–Crippen LogP) is 3.55. The molecule has 2 N–H and O–H groups in total. The smallest absolute Gasteiger partial charge is 0.329 e. The maximum absolute atomic E-state index is 13.3. The predicted molar refractivity (Wildman–Crippen MR) is 204 cm³/mol. The molecule has 3 amide bonds. The van der Waals surface area contributed by atoms with Crippen LogP contribution in [0, 0.1) is 5.92 Å². The Morgan fingerprint density at radius 1 is 0.963 bits per heavy atom. The van der Waals surface area contributed by atoms with Crippen LogP contribution < -0.4 is 21.2 Å². The number of hydrogen-bond acceptors (Lipinski definition) is 10. The molecule has 3 aliphatic heterocycles. The molecule has 0 bridgehead atoms. The summed E-state index contributed by atoms with van der Waals surface area (Å²) in [6, 6.07) is 11.4. The molecule has 4 fully saturated rings. The van der Waals surface area contributed by atoms with Crippen molar-refractivity contribution in [3.05, 3.63) is 70.5 Å². The highest BCUT2D eigenvalue weighted by atomic mass is 16.2. The second-order valence-electron chi connectivity index (χ2n) is 15.6. The summed E-state index contributed by atoms with van der Waals surface area (Å²) in [4.78, 5) is 71.3. The van der Waals surface area contributed by atoms with Gasteiger partial charge in [0.05, 0.1) is 16.7 Å². The Bertz CT molecular complexity index is 2340. The van der Waals surface area contributed by atoms with E-state index in [1.807, 2.05) is 36.5 Å². The number of nitrogens with zero attached hydrogens (tertiary/aromatic N) is 9. The molecule has 3 saturated heterocycles. The van der Waals surface area contributed by atoms with Crippen molar-refractivity contribution in [1.82, 2.24) is 43.8 Å². The van der Waals surface area contributed by atoms with Crippen molar-refractivity contribution < 1.29 is 14.4 Å². The Kier molecular flexibility index (Phi) is 8.47. The third-order valence-corrected chi connectivity index (χ3v) is 11.8. The van der Waals surface area contributed by atoms with E-state index in [0.29, 0.717) is 41.2 Å². The average Bonchev–Trinajstić information content (AvgIpc) is 3.84. The molecule has 4 aliphatic rings. The van der Waals surface area contributed by atoms with Gasteiger partial charge in [-0.2, -0.15) is 4.98 Å². The lowest BCUT2D eigenvalue weighted by Gasteiger charge is -2.47. The van der Waals surface area contributed by atoms with Crippen molar-refractivity contribution in [2.24, 2.45) is 13.0 Å². The highest BCUT2D eigenvalue weighted by molar-refractivity contribution is 6.01. The first-order valence-electron chi connectivity index (χ1n) is 19.0. The number of piperidine rings is 1. The van der Waals surface area contributed by atoms with Crippen LogP contribution in [0.25, 0.3) is 22.1 Å². The number of para-hydroxylation sites is 1. The number of aryl methyl sites for hydroxylation is 1. The topological polar surface area (TPSA) is 156 Å². The van der Waals surface area contributed by atoms with Crippen molar-refractivity contribution in [3.8, 4) is 0 Å². The summed E-state index contributed by atoms with van der Waals surface area (Å²) < 4.78 is 5.29. The van der Waals surface area contributed by atoms with E-state index in [-0.39, 0.29) is 30.0 Å². The molecule has 0 spiro atoms. The summed E-state index contributed by atoms with van der Waals surface area (Å²) in [7, 11) is 5.31. The second kappa shape index (κ2) is 13.4. The Morgan fingerprint density at radius 2 is 1.76 bits per heavy atom. The van der Waals surface area contributed by atoms with Gasteiger partial charge in [0.15, 0.2) is 0 Å². The number of imidazole rings is 1. The summed E-state index contributed by atoms with van der Waals surface area (Å²) in [6.45, 7) is 4.76. The zero-order valence-corrected chi connectivity index (χ0v) is 30.9. The van der Waals surface area contributed by atoms with Gasteiger partial charge in [-0.25, -0.2) is 14.8 Å². The number of hydrogen-bond donors (Lipinski definition) is 2. The summed E-state index contributed by atoms with van der Waals surface area (Å²) in [5.41, 5.74) is 4.92. The summed E-state index contributed by atoms with van der Waals surface area (Å²) in [5, 5.41) is 6.52. The lowest BCUT2D eigenvalue weighted by atomic mass is 9.89. The van der Waals surface area contributed by atoms with Crippen LogP contribution in [-0.4, -0.2) is 103 Å². The molecule has 54 heavy (non-hydrogen) atoms. The fourth-order valence-corrected chi connectivity index (χ4v) is 8.91. The largest absolute Gasteiger partial charge is 0.369 e. The van der Waals surface area contributed by atoms with E-state index in [0.717, 1.165) is 80.6 Å². The van der Waals surface area contributed by atoms with Gasteiger partial charge in [0.1, 0.15) is 23.2 Å². The number of benzene rings is 1. The molecule has 1 aromatic carbocycles. The van der Waals surface area contributed by atoms with Gasteiger partial charge in [0.2, 0.25) is 17.8 Å². The van der Waals surface area contributed by atoms with Crippen LogP contribution in [0.1, 0.15) is 72.6 Å². The van der Waals surface area contributed by atoms with Crippen molar-refractivity contribution in [3.63, 3.8) is 0 Å². The van der Waals surface area contributed by atoms with Gasteiger partial charge in [-0.3, -0.25) is 28.8 Å². The number of anilines is 3. The van der Waals surface area contributed by atoms with Gasteiger partial charge >= 0.3 is 5.69 Å². The molecule has 1 atom stereocenters. The summed E-state index contributed by atoms with van der Waals surface area (Å²) in [6.07, 6.45) is 8.63. The quantitative estimate of drug-likeness (QED) is 0.215. The van der Waals surface area contributed by atoms with E-state index in [1.165, 1.54) is 5.56 Å². The number of amides is 3. The van der Waals surface area contributed by atoms with Crippen LogP contribution in [0.5, 0.6) is 0 Å². The minimum Gasteiger partial charge on any atom is -0.369 e. The van der Waals surface area contributed by atoms with E-state index in [4.69, 9.17) is 9.97 Å². The summed E-state index contributed by atoms with van der Waals surface area (Å²) >= 11 is 0. The number of pyridine rings is 1. The highest BCUT2D eigenvalue weighted by Crippen LogP contribution is 2.37. The molecule has 5 aromatic rings. The number of imide groups is 1. The van der Waals surface area contributed by atoms with Gasteiger partial charge in [0.25, 0.3) is 5.91 Å². The molecule has 4 aromatic heterocycles. The first kappa shape index (κ1) is 34.2. The third-order valence-electron chi connectivity index (χ3n) is 11.8. The van der Waals surface area contributed by atoms with Crippen molar-refractivity contribution in [2.45, 2.75) is 56.5 Å². The van der Waals surface area contributed by atoms with E-state index in [2.05, 4.69) is 36.1 Å². The highest BCUT2D eigenvalue weighted by Gasteiger charge is 2.37. The van der Waals surface area contributed by atoms with Crippen LogP contribution in [0.4, 0.5) is 17.5 Å². The molecule has 7 heterocycles. The number of nitrogens with one attached hydrogen (secondary N) is 2. The van der Waals surface area contributed by atoms with Crippen molar-refractivity contribution in [2.75, 3.05) is 57.0 Å². The molecule has 15 nitrogen and oxygen atoms in total. The van der Waals surface area contributed by atoms with Gasteiger partial charge in [0, 0.05) is 95.9 Å². The van der Waals surface area contributed by atoms with Gasteiger partial charge in [-0.1, -0.05) is 25.0 Å². The third kappa shape index (κ3) is 5.90. The maximum atomic E-state index is 13.3. The molecule has 0 unspecified atom stereocenters. The number of rotatable bonds is 9. The molecule has 0 radical (unpaired) electrons. The van der Waals surface area contributed by atoms with E-state index < -0.39 is 11.9 Å². The fourth-order valence-electron chi connectivity index (χ4n) is 8.91. The lowest BCUT2D eigenvalue weighted by Crippen LogP contribution is -2.55. The zero-order valence-electron chi connectivity index (χ0n) is 30.9. The number of carbonyl (C=O) groups excluding carboxylic acids is 3. The molecule has 1 saturated carbocycles. The van der Waals surface area contributed by atoms with Crippen LogP contribution in [-0.2, 0) is 16.6 Å². The van der Waals surface area contributed by atoms with Crippen LogP contribution in [0.15, 0.2) is 53.6 Å². The van der Waals surface area contributed by atoms with Crippen LogP contribution in [0.2, 0.25) is 0 Å². The van der Waals surface area contributed by atoms with Gasteiger partial charge < -0.3 is 24.6 Å². The molecule has 1 aliphatic carbocycles. The standard InChI is InChI=1S/C39H45N11O4/c1-45(2)37(53)31-15-25-17-41-38(44-35(25)49(31)27-7-4-5-8-27)42-32-13-11-24(16-40-32)26-21-47(22-26)18-23-19-48(20-23)28-9-6-10-29-34(28)46(3)39(54)50(29)30-12-14-33(51)43-36(30)52/h6,9-11,13,15-17,23,26-27,30H,4-5,7-8,12,14,18-22H2,1-3H3,(H,43,51,52)(H,40,41,42,44)/t30-/m1/s1. The Labute approximate surface area is 312 Å². The van der Waals surface area contributed by atoms with Gasteiger partial charge in [-0.15, -0.1) is 0 Å². The number of aromatic nitrogens is 6. The van der Waals surface area contributed by atoms with E-state index in [9.17, 15) is 19.2 Å². The lowest BCUT2D eigenvalue weighted by molar-refractivity contribution is -0.135. The first-order chi connectivity index (χ1) is 26.1. The average molecular weight is 732 g/mol. The molecular weight excluding hydrogens is 687 g/mol. The first-order valence-corrected chi connectivity index (χ1v) is 19.0. The van der Waals surface area contributed by atoms with Crippen LogP contribution >= 0.6 is 0 Å². The normalized spacial score (nSPS) is 20.1. The monoisotopic (exact) mass is 731 g/mol.